The van der Waals surface area contributed by atoms with Gasteiger partial charge in [-0.2, -0.15) is 5.26 Å². The zero-order valence-corrected chi connectivity index (χ0v) is 13.4. The van der Waals surface area contributed by atoms with Crippen LogP contribution >= 0.6 is 0 Å². The Morgan fingerprint density at radius 3 is 2.76 bits per heavy atom. The summed E-state index contributed by atoms with van der Waals surface area (Å²) in [6.07, 6.45) is 4.00. The van der Waals surface area contributed by atoms with Crippen LogP contribution in [0.2, 0.25) is 0 Å². The third-order valence-electron chi connectivity index (χ3n) is 4.34. The second kappa shape index (κ2) is 6.95. The standard InChI is InChI=1S/C18H26N2O/c1-4-11-20-15(3)16-5-6-17(14(2)12-16)21-13-18(7-8-18)9-10-19/h5-6,12,15,20H,4,7-9,11,13H2,1-3H3. The van der Waals surface area contributed by atoms with Crippen molar-refractivity contribution in [3.8, 4) is 11.8 Å². The Bertz CT molecular complexity index is 514. The molecule has 1 aliphatic carbocycles. The third kappa shape index (κ3) is 4.22. The first kappa shape index (κ1) is 15.9. The summed E-state index contributed by atoms with van der Waals surface area (Å²) in [7, 11) is 0. The largest absolute Gasteiger partial charge is 0.493 e. The van der Waals surface area contributed by atoms with E-state index in [-0.39, 0.29) is 5.41 Å². The fraction of sp³-hybridized carbons (Fsp3) is 0.611. The van der Waals surface area contributed by atoms with E-state index in [9.17, 15) is 0 Å². The Hall–Kier alpha value is -1.53. The molecule has 3 heteroatoms. The molecule has 1 aliphatic rings. The molecular weight excluding hydrogens is 260 g/mol. The molecular formula is C18H26N2O. The zero-order chi connectivity index (χ0) is 15.3. The van der Waals surface area contributed by atoms with Crippen LogP contribution in [0.1, 0.15) is 56.7 Å². The maximum absolute atomic E-state index is 8.85. The van der Waals surface area contributed by atoms with Crippen molar-refractivity contribution in [3.63, 3.8) is 0 Å². The number of benzene rings is 1. The van der Waals surface area contributed by atoms with Crippen molar-refractivity contribution in [3.05, 3.63) is 29.3 Å². The van der Waals surface area contributed by atoms with Gasteiger partial charge in [0.05, 0.1) is 12.7 Å². The van der Waals surface area contributed by atoms with E-state index in [1.165, 1.54) is 11.1 Å². The van der Waals surface area contributed by atoms with Gasteiger partial charge in [0.15, 0.2) is 0 Å². The van der Waals surface area contributed by atoms with Gasteiger partial charge in [-0.25, -0.2) is 0 Å². The van der Waals surface area contributed by atoms with Crippen LogP contribution in [-0.4, -0.2) is 13.2 Å². The van der Waals surface area contributed by atoms with E-state index >= 15 is 0 Å². The summed E-state index contributed by atoms with van der Waals surface area (Å²) in [5.74, 6) is 0.950. The normalized spacial score (nSPS) is 17.0. The summed E-state index contributed by atoms with van der Waals surface area (Å²) in [6.45, 7) is 8.17. The zero-order valence-electron chi connectivity index (χ0n) is 13.4. The minimum Gasteiger partial charge on any atom is -0.493 e. The van der Waals surface area contributed by atoms with Crippen LogP contribution in [0.3, 0.4) is 0 Å². The minimum atomic E-state index is 0.135. The Morgan fingerprint density at radius 1 is 1.43 bits per heavy atom. The molecule has 1 aromatic carbocycles. The van der Waals surface area contributed by atoms with Crippen LogP contribution in [0, 0.1) is 23.7 Å². The van der Waals surface area contributed by atoms with Crippen molar-refractivity contribution < 1.29 is 4.74 Å². The fourth-order valence-electron chi connectivity index (χ4n) is 2.53. The maximum atomic E-state index is 8.85. The van der Waals surface area contributed by atoms with Gasteiger partial charge in [0.25, 0.3) is 0 Å². The molecule has 1 N–H and O–H groups in total. The quantitative estimate of drug-likeness (QED) is 0.781. The Kier molecular flexibility index (Phi) is 5.25. The molecule has 0 spiro atoms. The van der Waals surface area contributed by atoms with Crippen LogP contribution in [0.4, 0.5) is 0 Å². The van der Waals surface area contributed by atoms with Gasteiger partial charge in [-0.15, -0.1) is 0 Å². The molecule has 0 radical (unpaired) electrons. The Morgan fingerprint density at radius 2 is 2.19 bits per heavy atom. The molecule has 1 aromatic rings. The van der Waals surface area contributed by atoms with Gasteiger partial charge in [0.2, 0.25) is 0 Å². The molecule has 0 aromatic heterocycles. The average Bonchev–Trinajstić information content (AvgIpc) is 3.24. The number of rotatable bonds is 8. The lowest BCUT2D eigenvalue weighted by Gasteiger charge is -2.18. The maximum Gasteiger partial charge on any atom is 0.122 e. The number of nitrogens with one attached hydrogen (secondary N) is 1. The summed E-state index contributed by atoms with van der Waals surface area (Å²) in [5.41, 5.74) is 2.60. The minimum absolute atomic E-state index is 0.135. The molecule has 1 atom stereocenters. The van der Waals surface area contributed by atoms with Crippen molar-refractivity contribution >= 4 is 0 Å². The average molecular weight is 286 g/mol. The van der Waals surface area contributed by atoms with E-state index in [2.05, 4.69) is 50.4 Å². The molecule has 0 amide bonds. The van der Waals surface area contributed by atoms with Gasteiger partial charge in [-0.05, 0) is 56.8 Å². The van der Waals surface area contributed by atoms with E-state index in [4.69, 9.17) is 10.00 Å². The van der Waals surface area contributed by atoms with E-state index < -0.39 is 0 Å². The van der Waals surface area contributed by atoms with Gasteiger partial charge in [-0.1, -0.05) is 19.1 Å². The van der Waals surface area contributed by atoms with E-state index in [1.807, 2.05) is 0 Å². The molecule has 1 unspecified atom stereocenters. The first-order valence-corrected chi connectivity index (χ1v) is 7.94. The van der Waals surface area contributed by atoms with Crippen molar-refractivity contribution in [2.24, 2.45) is 5.41 Å². The fourth-order valence-corrected chi connectivity index (χ4v) is 2.53. The van der Waals surface area contributed by atoms with Crippen molar-refractivity contribution in [1.29, 1.82) is 5.26 Å². The highest BCUT2D eigenvalue weighted by Crippen LogP contribution is 2.48. The number of ether oxygens (including phenoxy) is 1. The predicted octanol–water partition coefficient (Wildman–Crippen LogP) is 4.13. The van der Waals surface area contributed by atoms with Crippen molar-refractivity contribution in [2.75, 3.05) is 13.2 Å². The van der Waals surface area contributed by atoms with Crippen LogP contribution in [0.25, 0.3) is 0 Å². The highest BCUT2D eigenvalue weighted by Gasteiger charge is 2.43. The summed E-state index contributed by atoms with van der Waals surface area (Å²) < 4.78 is 5.96. The molecule has 1 saturated carbocycles. The molecule has 3 nitrogen and oxygen atoms in total. The monoisotopic (exact) mass is 286 g/mol. The number of nitrogens with zero attached hydrogens (tertiary/aromatic N) is 1. The summed E-state index contributed by atoms with van der Waals surface area (Å²) in [5, 5.41) is 12.4. The van der Waals surface area contributed by atoms with Gasteiger partial charge < -0.3 is 10.1 Å². The Labute approximate surface area is 128 Å². The number of hydrogen-bond acceptors (Lipinski definition) is 3. The van der Waals surface area contributed by atoms with Crippen LogP contribution in [-0.2, 0) is 0 Å². The lowest BCUT2D eigenvalue weighted by atomic mass is 10.0. The number of nitriles is 1. The SMILES string of the molecule is CCCNC(C)c1ccc(OCC2(CC#N)CC2)c(C)c1. The second-order valence-corrected chi connectivity index (χ2v) is 6.32. The van der Waals surface area contributed by atoms with E-state index in [0.29, 0.717) is 19.1 Å². The number of hydrogen-bond donors (Lipinski definition) is 1. The second-order valence-electron chi connectivity index (χ2n) is 6.32. The molecule has 21 heavy (non-hydrogen) atoms. The lowest BCUT2D eigenvalue weighted by molar-refractivity contribution is 0.235. The van der Waals surface area contributed by atoms with Crippen LogP contribution < -0.4 is 10.1 Å². The first-order valence-electron chi connectivity index (χ1n) is 7.94. The van der Waals surface area contributed by atoms with Crippen molar-refractivity contribution in [1.82, 2.24) is 5.32 Å². The highest BCUT2D eigenvalue weighted by atomic mass is 16.5. The van der Waals surface area contributed by atoms with Gasteiger partial charge in [0, 0.05) is 17.9 Å². The molecule has 1 fully saturated rings. The summed E-state index contributed by atoms with van der Waals surface area (Å²) in [6, 6.07) is 9.05. The summed E-state index contributed by atoms with van der Waals surface area (Å²) in [4.78, 5) is 0. The lowest BCUT2D eigenvalue weighted by Crippen LogP contribution is -2.19. The topological polar surface area (TPSA) is 45.0 Å². The molecule has 2 rings (SSSR count). The number of aryl methyl sites for hydroxylation is 1. The predicted molar refractivity (Wildman–Crippen MR) is 85.3 cm³/mol. The first-order chi connectivity index (χ1) is 10.1. The van der Waals surface area contributed by atoms with Gasteiger partial charge >= 0.3 is 0 Å². The summed E-state index contributed by atoms with van der Waals surface area (Å²) >= 11 is 0. The highest BCUT2D eigenvalue weighted by molar-refractivity contribution is 5.37. The van der Waals surface area contributed by atoms with E-state index in [1.54, 1.807) is 0 Å². The molecule has 0 saturated heterocycles. The smallest absolute Gasteiger partial charge is 0.122 e. The molecule has 114 valence electrons. The third-order valence-corrected chi connectivity index (χ3v) is 4.34. The molecule has 0 aliphatic heterocycles. The molecule has 0 heterocycles. The van der Waals surface area contributed by atoms with Gasteiger partial charge in [-0.3, -0.25) is 0 Å². The Balaban J connectivity index is 1.95. The van der Waals surface area contributed by atoms with Crippen LogP contribution in [0.15, 0.2) is 18.2 Å². The van der Waals surface area contributed by atoms with E-state index in [0.717, 1.165) is 31.6 Å². The molecule has 0 bridgehead atoms. The van der Waals surface area contributed by atoms with Gasteiger partial charge in [0.1, 0.15) is 5.75 Å². The van der Waals surface area contributed by atoms with Crippen LogP contribution in [0.5, 0.6) is 5.75 Å². The van der Waals surface area contributed by atoms with Crippen molar-refractivity contribution in [2.45, 2.75) is 52.5 Å².